The summed E-state index contributed by atoms with van der Waals surface area (Å²) in [7, 11) is 0. The Bertz CT molecular complexity index is 270. The maximum Gasteiger partial charge on any atom is 0.319 e. The largest absolute Gasteiger partial charge is 0.465 e. The summed E-state index contributed by atoms with van der Waals surface area (Å²) in [6.45, 7) is 6.23. The van der Waals surface area contributed by atoms with E-state index in [9.17, 15) is 14.4 Å². The molecule has 0 aliphatic heterocycles. The number of esters is 1. The summed E-state index contributed by atoms with van der Waals surface area (Å²) in [6.07, 6.45) is 0.436. The Balaban J connectivity index is 4.66. The van der Waals surface area contributed by atoms with E-state index in [0.717, 1.165) is 0 Å². The number of hydrogen-bond acceptors (Lipinski definition) is 4. The number of ether oxygens (including phenoxy) is 1. The van der Waals surface area contributed by atoms with Crippen LogP contribution in [0.1, 0.15) is 40.5 Å². The van der Waals surface area contributed by atoms with Gasteiger partial charge >= 0.3 is 5.97 Å². The Morgan fingerprint density at radius 1 is 1.20 bits per heavy atom. The second kappa shape index (κ2) is 5.63. The summed E-state index contributed by atoms with van der Waals surface area (Å²) >= 11 is 0. The zero-order chi connectivity index (χ0) is 12.1. The number of rotatable bonds is 6. The van der Waals surface area contributed by atoms with Crippen LogP contribution in [-0.4, -0.2) is 24.1 Å². The van der Waals surface area contributed by atoms with E-state index in [1.807, 2.05) is 0 Å². The number of hydrogen-bond donors (Lipinski definition) is 0. The lowest BCUT2D eigenvalue weighted by Gasteiger charge is -2.23. The fourth-order valence-corrected chi connectivity index (χ4v) is 1.14. The second-order valence-corrected chi connectivity index (χ2v) is 3.81. The van der Waals surface area contributed by atoms with E-state index in [1.54, 1.807) is 6.92 Å². The van der Waals surface area contributed by atoms with E-state index in [1.165, 1.54) is 20.8 Å². The first-order valence-corrected chi connectivity index (χ1v) is 5.02. The Labute approximate surface area is 90.0 Å². The fraction of sp³-hybridized carbons (Fsp3) is 0.727. The van der Waals surface area contributed by atoms with E-state index < -0.39 is 11.4 Å². The SMILES string of the molecule is CCOC(=O)C(C)(CCC(C)=O)C(C)=O. The first-order chi connectivity index (χ1) is 6.84. The van der Waals surface area contributed by atoms with E-state index >= 15 is 0 Å². The summed E-state index contributed by atoms with van der Waals surface area (Å²) in [6, 6.07) is 0. The highest BCUT2D eigenvalue weighted by Crippen LogP contribution is 2.26. The third-order valence-electron chi connectivity index (χ3n) is 2.48. The van der Waals surface area contributed by atoms with Crippen molar-refractivity contribution in [2.24, 2.45) is 5.41 Å². The van der Waals surface area contributed by atoms with Gasteiger partial charge in [0.25, 0.3) is 0 Å². The molecule has 0 aliphatic rings. The Morgan fingerprint density at radius 2 is 1.73 bits per heavy atom. The predicted octanol–water partition coefficient (Wildman–Crippen LogP) is 1.51. The Hall–Kier alpha value is -1.19. The lowest BCUT2D eigenvalue weighted by atomic mass is 9.81. The minimum Gasteiger partial charge on any atom is -0.465 e. The highest BCUT2D eigenvalue weighted by molar-refractivity contribution is 6.02. The number of Topliss-reactive ketones (excluding diaryl/α,β-unsaturated/α-hetero) is 2. The van der Waals surface area contributed by atoms with Gasteiger partial charge in [-0.1, -0.05) is 0 Å². The molecule has 0 heterocycles. The molecule has 1 unspecified atom stereocenters. The van der Waals surface area contributed by atoms with Gasteiger partial charge in [0.1, 0.15) is 17.0 Å². The van der Waals surface area contributed by atoms with Gasteiger partial charge in [0.05, 0.1) is 6.61 Å². The van der Waals surface area contributed by atoms with E-state index in [4.69, 9.17) is 4.74 Å². The summed E-state index contributed by atoms with van der Waals surface area (Å²) in [4.78, 5) is 33.8. The van der Waals surface area contributed by atoms with Crippen LogP contribution in [0.2, 0.25) is 0 Å². The Kier molecular flexibility index (Phi) is 5.19. The average molecular weight is 214 g/mol. The van der Waals surface area contributed by atoms with Crippen LogP contribution in [0.15, 0.2) is 0 Å². The van der Waals surface area contributed by atoms with Crippen LogP contribution in [0.3, 0.4) is 0 Å². The molecule has 0 aromatic heterocycles. The average Bonchev–Trinajstić information content (AvgIpc) is 2.14. The van der Waals surface area contributed by atoms with Crippen molar-refractivity contribution in [2.75, 3.05) is 6.61 Å². The molecule has 0 aliphatic carbocycles. The molecule has 0 saturated carbocycles. The summed E-state index contributed by atoms with van der Waals surface area (Å²) in [5, 5.41) is 0. The molecular formula is C11H18O4. The number of carbonyl (C=O) groups is 3. The zero-order valence-corrected chi connectivity index (χ0v) is 9.75. The minimum absolute atomic E-state index is 0.0354. The molecule has 15 heavy (non-hydrogen) atoms. The highest BCUT2D eigenvalue weighted by atomic mass is 16.5. The molecule has 0 amide bonds. The molecule has 86 valence electrons. The zero-order valence-electron chi connectivity index (χ0n) is 9.75. The lowest BCUT2D eigenvalue weighted by molar-refractivity contribution is -0.159. The van der Waals surface area contributed by atoms with Crippen LogP contribution in [0.25, 0.3) is 0 Å². The first-order valence-electron chi connectivity index (χ1n) is 5.02. The van der Waals surface area contributed by atoms with Crippen molar-refractivity contribution < 1.29 is 19.1 Å². The van der Waals surface area contributed by atoms with Crippen molar-refractivity contribution in [3.8, 4) is 0 Å². The minimum atomic E-state index is -1.18. The molecule has 1 atom stereocenters. The van der Waals surface area contributed by atoms with E-state index in [0.29, 0.717) is 0 Å². The third-order valence-corrected chi connectivity index (χ3v) is 2.48. The van der Waals surface area contributed by atoms with Crippen molar-refractivity contribution in [1.29, 1.82) is 0 Å². The molecule has 0 bridgehead atoms. The molecule has 0 aromatic carbocycles. The van der Waals surface area contributed by atoms with E-state index in [-0.39, 0.29) is 31.0 Å². The van der Waals surface area contributed by atoms with Crippen LogP contribution in [0.4, 0.5) is 0 Å². The van der Waals surface area contributed by atoms with Gasteiger partial charge in [-0.25, -0.2) is 0 Å². The third kappa shape index (κ3) is 3.81. The summed E-state index contributed by atoms with van der Waals surface area (Å²) in [5.41, 5.74) is -1.18. The molecule has 4 nitrogen and oxygen atoms in total. The van der Waals surface area contributed by atoms with Crippen LogP contribution >= 0.6 is 0 Å². The Morgan fingerprint density at radius 3 is 2.07 bits per heavy atom. The molecule has 0 radical (unpaired) electrons. The molecule has 0 fully saturated rings. The standard InChI is InChI=1S/C11H18O4/c1-5-15-10(14)11(4,9(3)13)7-6-8(2)12/h5-7H2,1-4H3. The van der Waals surface area contributed by atoms with Gasteiger partial charge in [0.15, 0.2) is 0 Å². The van der Waals surface area contributed by atoms with Crippen LogP contribution < -0.4 is 0 Å². The maximum atomic E-state index is 11.6. The van der Waals surface area contributed by atoms with Crippen LogP contribution in [0, 0.1) is 5.41 Å². The topological polar surface area (TPSA) is 60.4 Å². The molecule has 0 N–H and O–H groups in total. The first kappa shape index (κ1) is 13.8. The smallest absolute Gasteiger partial charge is 0.319 e. The molecule has 0 saturated heterocycles. The maximum absolute atomic E-state index is 11.6. The molecule has 0 rings (SSSR count). The van der Waals surface area contributed by atoms with Gasteiger partial charge in [0.2, 0.25) is 0 Å². The monoisotopic (exact) mass is 214 g/mol. The molecule has 0 spiro atoms. The fourth-order valence-electron chi connectivity index (χ4n) is 1.14. The number of carbonyl (C=O) groups excluding carboxylic acids is 3. The van der Waals surface area contributed by atoms with Gasteiger partial charge in [-0.3, -0.25) is 9.59 Å². The van der Waals surface area contributed by atoms with Gasteiger partial charge < -0.3 is 9.53 Å². The van der Waals surface area contributed by atoms with Crippen molar-refractivity contribution in [1.82, 2.24) is 0 Å². The quantitative estimate of drug-likeness (QED) is 0.496. The summed E-state index contributed by atoms with van der Waals surface area (Å²) < 4.78 is 4.83. The van der Waals surface area contributed by atoms with Crippen LogP contribution in [0.5, 0.6) is 0 Å². The van der Waals surface area contributed by atoms with Crippen LogP contribution in [-0.2, 0) is 19.1 Å². The van der Waals surface area contributed by atoms with Crippen molar-refractivity contribution in [2.45, 2.75) is 40.5 Å². The number of ketones is 2. The van der Waals surface area contributed by atoms with Crippen molar-refractivity contribution in [3.05, 3.63) is 0 Å². The molecular weight excluding hydrogens is 196 g/mol. The van der Waals surface area contributed by atoms with Gasteiger partial charge in [-0.05, 0) is 34.1 Å². The molecule has 4 heteroatoms. The second-order valence-electron chi connectivity index (χ2n) is 3.81. The molecule has 0 aromatic rings. The predicted molar refractivity (Wildman–Crippen MR) is 55.3 cm³/mol. The van der Waals surface area contributed by atoms with Crippen molar-refractivity contribution in [3.63, 3.8) is 0 Å². The highest BCUT2D eigenvalue weighted by Gasteiger charge is 2.39. The van der Waals surface area contributed by atoms with Gasteiger partial charge in [0, 0.05) is 6.42 Å². The van der Waals surface area contributed by atoms with E-state index in [2.05, 4.69) is 0 Å². The normalized spacial score (nSPS) is 14.1. The lowest BCUT2D eigenvalue weighted by Crippen LogP contribution is -2.37. The van der Waals surface area contributed by atoms with Crippen molar-refractivity contribution >= 4 is 17.5 Å². The van der Waals surface area contributed by atoms with Gasteiger partial charge in [-0.2, -0.15) is 0 Å². The summed E-state index contributed by atoms with van der Waals surface area (Å²) in [5.74, 6) is -0.840. The van der Waals surface area contributed by atoms with Gasteiger partial charge in [-0.15, -0.1) is 0 Å².